The molecule has 0 fully saturated rings. The van der Waals surface area contributed by atoms with Crippen LogP contribution in [0.3, 0.4) is 0 Å². The minimum atomic E-state index is -0.160. The van der Waals surface area contributed by atoms with E-state index in [4.69, 9.17) is 1.28 Å². The Hall–Kier alpha value is -0.100. The Kier molecular flexibility index (Phi) is 1.34. The number of rotatable bonds is 1. The molecule has 0 aliphatic heterocycles. The van der Waals surface area contributed by atoms with Crippen LogP contribution in [-0.4, -0.2) is 7.19 Å². The first-order valence-corrected chi connectivity index (χ1v) is 1.62. The maximum absolute atomic E-state index is 9.81. The molecule has 0 rings (SSSR count). The summed E-state index contributed by atoms with van der Waals surface area (Å²) in [5, 5.41) is 2.21. The molecule has 0 aromatic heterocycles. The minimum absolute atomic E-state index is 0.160. The molecule has 0 aromatic rings. The van der Waals surface area contributed by atoms with Crippen LogP contribution in [0.4, 0.5) is 0 Å². The second kappa shape index (κ2) is 2.16. The highest BCUT2D eigenvalue weighted by Crippen LogP contribution is 1.63. The quantitative estimate of drug-likeness (QED) is 0.459. The molecular weight excluding hydrogens is 85.0 g/mol. The third kappa shape index (κ3) is 3.90. The van der Waals surface area contributed by atoms with E-state index in [9.17, 15) is 4.79 Å². The lowest BCUT2D eigenvalue weighted by Gasteiger charge is -1.94. The van der Waals surface area contributed by atoms with Crippen LogP contribution in [0.1, 0.15) is 6.92 Å². The zero-order valence-electron chi connectivity index (χ0n) is 3.86. The number of hydrogen-bond acceptors (Lipinski definition) is 1. The predicted molar refractivity (Wildman–Crippen MR) is 22.1 cm³/mol. The fraction of sp³-hybridized carbons (Fsp3) is 0.500. The highest BCUT2D eigenvalue weighted by atomic mass is 31.0. The van der Waals surface area contributed by atoms with Gasteiger partial charge in [-0.15, -0.1) is 0 Å². The van der Waals surface area contributed by atoms with E-state index in [0.29, 0.717) is 0 Å². The molecule has 2 nitrogen and oxygen atoms in total. The summed E-state index contributed by atoms with van der Waals surface area (Å²) in [7, 11) is 0.174. The average Bonchev–Trinajstić information content (AvgIpc) is 1.35. The van der Waals surface area contributed by atoms with E-state index in [-0.39, 0.29) is 15.2 Å². The summed E-state index contributed by atoms with van der Waals surface area (Å²) in [5.41, 5.74) is 0. The van der Waals surface area contributed by atoms with Crippen molar-refractivity contribution in [2.24, 2.45) is 0 Å². The van der Waals surface area contributed by atoms with Gasteiger partial charge in [-0.1, -0.05) is 0 Å². The summed E-state index contributed by atoms with van der Waals surface area (Å²) in [5.74, 6) is -0.160. The molecule has 0 radical (unpaired) electrons. The van der Waals surface area contributed by atoms with E-state index < -0.39 is 0 Å². The van der Waals surface area contributed by atoms with Crippen molar-refractivity contribution in [3.05, 3.63) is 0 Å². The predicted octanol–water partition coefficient (Wildman–Crippen LogP) is 0.180. The van der Waals surface area contributed by atoms with E-state index in [1.165, 1.54) is 6.92 Å². The normalized spacial score (nSPS) is 11.8. The largest absolute Gasteiger partial charge is 0.514 e. The summed E-state index contributed by atoms with van der Waals surface area (Å²) >= 11 is 0. The SMILES string of the molecule is [3H][P-]NC(C)=O. The van der Waals surface area contributed by atoms with Crippen LogP contribution < -0.4 is 5.09 Å². The topological polar surface area (TPSA) is 29.1 Å². The highest BCUT2D eigenvalue weighted by Gasteiger charge is 1.65. The van der Waals surface area contributed by atoms with Crippen LogP contribution in [0.25, 0.3) is 0 Å². The van der Waals surface area contributed by atoms with Gasteiger partial charge in [-0.3, -0.25) is 4.79 Å². The van der Waals surface area contributed by atoms with Gasteiger partial charge in [0.2, 0.25) is 0 Å². The molecule has 0 bridgehead atoms. The average molecular weight is 92.1 g/mol. The van der Waals surface area contributed by atoms with Crippen molar-refractivity contribution in [1.82, 2.24) is 5.09 Å². The molecule has 0 spiro atoms. The smallest absolute Gasteiger partial charge is 0.188 e. The van der Waals surface area contributed by atoms with Gasteiger partial charge in [-0.25, -0.2) is 0 Å². The molecule has 0 saturated carbocycles. The number of carbonyl (C=O) groups is 1. The molecule has 0 aliphatic rings. The van der Waals surface area contributed by atoms with Gasteiger partial charge in [0.1, 0.15) is 0 Å². The van der Waals surface area contributed by atoms with Crippen LogP contribution in [0, 0.1) is 0 Å². The van der Waals surface area contributed by atoms with E-state index in [1.807, 2.05) is 0 Å². The van der Waals surface area contributed by atoms with Crippen LogP contribution in [0.15, 0.2) is 0 Å². The summed E-state index contributed by atoms with van der Waals surface area (Å²) in [6, 6.07) is 0. The molecule has 0 atom stereocenters. The lowest BCUT2D eigenvalue weighted by molar-refractivity contribution is -0.117. The molecule has 0 aromatic carbocycles. The lowest BCUT2D eigenvalue weighted by Crippen LogP contribution is -2.03. The van der Waals surface area contributed by atoms with Crippen LogP contribution in [0.2, 0.25) is 0 Å². The van der Waals surface area contributed by atoms with Gasteiger partial charge in [0.25, 0.3) is 0 Å². The Morgan fingerprint density at radius 1 is 2.40 bits per heavy atom. The Labute approximate surface area is 34.5 Å². The highest BCUT2D eigenvalue weighted by molar-refractivity contribution is 7.15. The van der Waals surface area contributed by atoms with E-state index in [2.05, 4.69) is 5.09 Å². The van der Waals surface area contributed by atoms with E-state index in [0.717, 1.165) is 0 Å². The Morgan fingerprint density at radius 3 is 3.00 bits per heavy atom. The Morgan fingerprint density at radius 2 is 3.00 bits per heavy atom. The molecule has 0 unspecified atom stereocenters. The minimum Gasteiger partial charge on any atom is -0.514 e. The molecule has 0 saturated heterocycles. The van der Waals surface area contributed by atoms with Gasteiger partial charge in [0.05, 0.1) is 0 Å². The maximum Gasteiger partial charge on any atom is 0.188 e. The van der Waals surface area contributed by atoms with Gasteiger partial charge in [-0.05, 0) is 0 Å². The van der Waals surface area contributed by atoms with Gasteiger partial charge < -0.3 is 14.4 Å². The zero-order chi connectivity index (χ0) is 4.99. The first kappa shape index (κ1) is 3.10. The fourth-order valence-corrected chi connectivity index (χ4v) is 0. The first-order valence-electron chi connectivity index (χ1n) is 1.62. The number of nitrogens with one attached hydrogen (secondary N) is 1. The van der Waals surface area contributed by atoms with Crippen molar-refractivity contribution in [3.63, 3.8) is 0 Å². The van der Waals surface area contributed by atoms with Crippen LogP contribution >= 0.6 is 9.34 Å². The van der Waals surface area contributed by atoms with E-state index in [1.54, 1.807) is 0 Å². The number of hydrogen-bond donors (Lipinski definition) is 1. The van der Waals surface area contributed by atoms with Gasteiger partial charge in [-0.2, -0.15) is 1.28 Å². The second-order valence-corrected chi connectivity index (χ2v) is 0.892. The molecular formula is C2H5NOP-. The van der Waals surface area contributed by atoms with Crippen molar-refractivity contribution in [2.45, 2.75) is 6.92 Å². The lowest BCUT2D eigenvalue weighted by atomic mass is 10.8. The zero-order valence-corrected chi connectivity index (χ0v) is 3.75. The monoisotopic (exact) mass is 92.0 g/mol. The van der Waals surface area contributed by atoms with Crippen LogP contribution in [-0.2, 0) is 4.79 Å². The van der Waals surface area contributed by atoms with Crippen molar-refractivity contribution >= 4 is 15.2 Å². The summed E-state index contributed by atoms with van der Waals surface area (Å²) < 4.78 is 6.37. The number of amides is 1. The summed E-state index contributed by atoms with van der Waals surface area (Å²) in [6.45, 7) is 1.38. The molecule has 0 aliphatic carbocycles. The molecule has 5 heavy (non-hydrogen) atoms. The third-order valence-corrected chi connectivity index (χ3v) is 0.472. The standard InChI is InChI=1S/C2H5NOP/c1-2(4)3-5/h5H,1H3,(H,3,4)/q-1/i5T. The molecule has 30 valence electrons. The van der Waals surface area contributed by atoms with E-state index >= 15 is 0 Å². The first-order chi connectivity index (χ1) is 2.77. The molecule has 3 heteroatoms. The van der Waals surface area contributed by atoms with Crippen molar-refractivity contribution in [3.8, 4) is 0 Å². The van der Waals surface area contributed by atoms with Crippen LogP contribution in [0.5, 0.6) is 0 Å². The summed E-state index contributed by atoms with van der Waals surface area (Å²) in [4.78, 5) is 9.81. The Bertz CT molecular complexity index is 57.5. The molecule has 1 amide bonds. The third-order valence-electron chi connectivity index (χ3n) is 0.157. The van der Waals surface area contributed by atoms with Gasteiger partial charge >= 0.3 is 0 Å². The van der Waals surface area contributed by atoms with Crippen molar-refractivity contribution in [1.29, 1.82) is 1.28 Å². The Balaban J connectivity index is 2.83. The molecule has 0 heterocycles. The van der Waals surface area contributed by atoms with Gasteiger partial charge in [0.15, 0.2) is 5.91 Å². The van der Waals surface area contributed by atoms with Crippen molar-refractivity contribution in [2.75, 3.05) is 0 Å². The fourth-order valence-electron chi connectivity index (χ4n) is 0. The second-order valence-electron chi connectivity index (χ2n) is 0.668. The summed E-state index contributed by atoms with van der Waals surface area (Å²) in [6.07, 6.45) is 0. The maximum atomic E-state index is 9.81. The molecule has 1 N–H and O–H groups in total. The van der Waals surface area contributed by atoms with Gasteiger partial charge in [0, 0.05) is 6.92 Å². The van der Waals surface area contributed by atoms with Crippen molar-refractivity contribution < 1.29 is 4.79 Å². The number of carbonyl (C=O) groups excluding carboxylic acids is 1.